The molecule has 166 valence electrons. The van der Waals surface area contributed by atoms with Crippen LogP contribution in [-0.2, 0) is 6.42 Å². The van der Waals surface area contributed by atoms with E-state index in [0.717, 1.165) is 51.1 Å². The van der Waals surface area contributed by atoms with Crippen LogP contribution in [0.3, 0.4) is 0 Å². The van der Waals surface area contributed by atoms with Gasteiger partial charge >= 0.3 is 0 Å². The Balaban J connectivity index is 1.23. The van der Waals surface area contributed by atoms with E-state index in [9.17, 15) is 0 Å². The molecule has 6 nitrogen and oxygen atoms in total. The van der Waals surface area contributed by atoms with Gasteiger partial charge in [-0.25, -0.2) is 15.0 Å². The second-order valence-electron chi connectivity index (χ2n) is 9.10. The predicted octanol–water partition coefficient (Wildman–Crippen LogP) is 6.03. The number of hydrogen-bond donors (Lipinski definition) is 2. The van der Waals surface area contributed by atoms with Gasteiger partial charge in [-0.2, -0.15) is 0 Å². The molecule has 6 rings (SSSR count). The Kier molecular flexibility index (Phi) is 4.94. The Bertz CT molecular complexity index is 1510. The zero-order chi connectivity index (χ0) is 22.5. The number of aryl methyl sites for hydroxylation is 1. The average Bonchev–Trinajstić information content (AvgIpc) is 3.41. The Morgan fingerprint density at radius 3 is 2.79 bits per heavy atom. The van der Waals surface area contributed by atoms with Gasteiger partial charge in [0.2, 0.25) is 0 Å². The zero-order valence-corrected chi connectivity index (χ0v) is 19.8. The van der Waals surface area contributed by atoms with Crippen LogP contribution in [0.15, 0.2) is 59.3 Å². The molecule has 2 atom stereocenters. The number of nitrogen functional groups attached to an aromatic ring is 2. The van der Waals surface area contributed by atoms with Crippen molar-refractivity contribution in [3.63, 3.8) is 0 Å². The molecular weight excluding hydrogens is 476 g/mol. The summed E-state index contributed by atoms with van der Waals surface area (Å²) in [6.45, 7) is 0. The zero-order valence-electron chi connectivity index (χ0n) is 18.2. The summed E-state index contributed by atoms with van der Waals surface area (Å²) in [5.74, 6) is 1.78. The van der Waals surface area contributed by atoms with Crippen molar-refractivity contribution in [3.05, 3.63) is 64.9 Å². The van der Waals surface area contributed by atoms with Gasteiger partial charge in [-0.1, -0.05) is 30.3 Å². The lowest BCUT2D eigenvalue weighted by Crippen LogP contribution is -2.07. The number of benzene rings is 2. The highest BCUT2D eigenvalue weighted by atomic mass is 79.9. The largest absolute Gasteiger partial charge is 0.383 e. The molecule has 0 aliphatic heterocycles. The molecule has 33 heavy (non-hydrogen) atoms. The Morgan fingerprint density at radius 2 is 1.88 bits per heavy atom. The van der Waals surface area contributed by atoms with Crippen molar-refractivity contribution in [2.75, 3.05) is 11.5 Å². The lowest BCUT2D eigenvalue weighted by atomic mass is 9.97. The average molecular weight is 501 g/mol. The first-order valence-electron chi connectivity index (χ1n) is 11.4. The van der Waals surface area contributed by atoms with Gasteiger partial charge in [-0.05, 0) is 77.7 Å². The molecule has 1 saturated carbocycles. The third kappa shape index (κ3) is 3.51. The van der Waals surface area contributed by atoms with E-state index in [1.807, 2.05) is 6.07 Å². The summed E-state index contributed by atoms with van der Waals surface area (Å²) in [5, 5.41) is 3.23. The number of fused-ring (bicyclic) bond motifs is 4. The van der Waals surface area contributed by atoms with E-state index in [4.69, 9.17) is 11.5 Å². The molecule has 3 heterocycles. The monoisotopic (exact) mass is 500 g/mol. The maximum Gasteiger partial charge on any atom is 0.146 e. The van der Waals surface area contributed by atoms with Gasteiger partial charge in [0.1, 0.15) is 23.6 Å². The minimum Gasteiger partial charge on any atom is -0.383 e. The minimum absolute atomic E-state index is 0.433. The summed E-state index contributed by atoms with van der Waals surface area (Å²) < 4.78 is 3.25. The molecule has 0 radical (unpaired) electrons. The second kappa shape index (κ2) is 7.99. The normalized spacial score (nSPS) is 18.6. The molecule has 1 aliphatic carbocycles. The van der Waals surface area contributed by atoms with E-state index in [1.54, 1.807) is 6.33 Å². The van der Waals surface area contributed by atoms with Crippen LogP contribution >= 0.6 is 15.9 Å². The van der Waals surface area contributed by atoms with E-state index in [0.29, 0.717) is 23.6 Å². The van der Waals surface area contributed by atoms with E-state index in [1.165, 1.54) is 23.9 Å². The summed E-state index contributed by atoms with van der Waals surface area (Å²) in [5.41, 5.74) is 16.7. The van der Waals surface area contributed by atoms with Gasteiger partial charge in [-0.3, -0.25) is 0 Å². The number of nitrogens with zero attached hydrogens (tertiary/aromatic N) is 4. The van der Waals surface area contributed by atoms with Crippen molar-refractivity contribution in [2.24, 2.45) is 5.92 Å². The third-order valence-corrected chi connectivity index (χ3v) is 7.74. The standard InChI is InChI=1S/C26H25BrN6/c27-20-13-17-9-7-16(12-21(17)32-24(20)28)6-5-15-8-10-18(11-15)33-22-4-2-1-3-19(22)23-25(29)30-14-31-26(23)33/h1-4,7,9,12-15,18H,5-6,8,10-11H2,(H2,28,32)(H2,29,30,31). The Hall–Kier alpha value is -3.19. The van der Waals surface area contributed by atoms with Crippen LogP contribution in [0.1, 0.15) is 37.3 Å². The smallest absolute Gasteiger partial charge is 0.146 e. The number of rotatable bonds is 4. The molecule has 7 heteroatoms. The van der Waals surface area contributed by atoms with Gasteiger partial charge in [-0.15, -0.1) is 0 Å². The molecule has 0 amide bonds. The van der Waals surface area contributed by atoms with Crippen molar-refractivity contribution in [1.29, 1.82) is 0 Å². The summed E-state index contributed by atoms with van der Waals surface area (Å²) in [6, 6.07) is 17.4. The van der Waals surface area contributed by atoms with Gasteiger partial charge in [0.15, 0.2) is 0 Å². The number of nitrogens with two attached hydrogens (primary N) is 2. The number of anilines is 2. The first kappa shape index (κ1) is 20.4. The lowest BCUT2D eigenvalue weighted by Gasteiger charge is -2.16. The predicted molar refractivity (Wildman–Crippen MR) is 138 cm³/mol. The molecule has 0 saturated heterocycles. The van der Waals surface area contributed by atoms with Gasteiger partial charge in [0.05, 0.1) is 20.9 Å². The van der Waals surface area contributed by atoms with Crippen molar-refractivity contribution in [1.82, 2.24) is 19.5 Å². The van der Waals surface area contributed by atoms with Crippen LogP contribution < -0.4 is 11.5 Å². The molecule has 0 spiro atoms. The summed E-state index contributed by atoms with van der Waals surface area (Å²) in [6.07, 6.45) is 7.34. The van der Waals surface area contributed by atoms with Crippen molar-refractivity contribution >= 4 is 60.4 Å². The number of pyridine rings is 1. The Morgan fingerprint density at radius 1 is 1.00 bits per heavy atom. The lowest BCUT2D eigenvalue weighted by molar-refractivity contribution is 0.466. The fourth-order valence-electron chi connectivity index (χ4n) is 5.48. The molecule has 2 unspecified atom stereocenters. The van der Waals surface area contributed by atoms with Crippen LogP contribution in [0.4, 0.5) is 11.6 Å². The highest BCUT2D eigenvalue weighted by molar-refractivity contribution is 9.10. The molecule has 4 N–H and O–H groups in total. The Labute approximate surface area is 200 Å². The number of hydrogen-bond acceptors (Lipinski definition) is 5. The fraction of sp³-hybridized carbons (Fsp3) is 0.269. The summed E-state index contributed by atoms with van der Waals surface area (Å²) >= 11 is 3.46. The number of aromatic nitrogens is 4. The van der Waals surface area contributed by atoms with E-state index in [-0.39, 0.29) is 0 Å². The van der Waals surface area contributed by atoms with Crippen LogP contribution in [-0.4, -0.2) is 19.5 Å². The van der Waals surface area contributed by atoms with E-state index in [2.05, 4.69) is 77.9 Å². The number of para-hydroxylation sites is 1. The van der Waals surface area contributed by atoms with Crippen molar-refractivity contribution in [3.8, 4) is 0 Å². The number of halogens is 1. The highest BCUT2D eigenvalue weighted by Crippen LogP contribution is 2.42. The molecule has 5 aromatic rings. The summed E-state index contributed by atoms with van der Waals surface area (Å²) in [7, 11) is 0. The summed E-state index contributed by atoms with van der Waals surface area (Å²) in [4.78, 5) is 13.4. The SMILES string of the molecule is Nc1nc2cc(CCC3CCC(n4c5ccccc5c5c(N)ncnc54)C3)ccc2cc1Br. The maximum atomic E-state index is 6.25. The third-order valence-electron chi connectivity index (χ3n) is 7.10. The molecule has 0 bridgehead atoms. The second-order valence-corrected chi connectivity index (χ2v) is 9.95. The van der Waals surface area contributed by atoms with Gasteiger partial charge < -0.3 is 16.0 Å². The molecular formula is C26H25BrN6. The quantitative estimate of drug-likeness (QED) is 0.313. The molecule has 3 aromatic heterocycles. The van der Waals surface area contributed by atoms with Crippen LogP contribution in [0.5, 0.6) is 0 Å². The van der Waals surface area contributed by atoms with Crippen LogP contribution in [0, 0.1) is 5.92 Å². The van der Waals surface area contributed by atoms with Gasteiger partial charge in [0.25, 0.3) is 0 Å². The van der Waals surface area contributed by atoms with Crippen molar-refractivity contribution < 1.29 is 0 Å². The fourth-order valence-corrected chi connectivity index (χ4v) is 5.82. The van der Waals surface area contributed by atoms with Crippen LogP contribution in [0.2, 0.25) is 0 Å². The maximum absolute atomic E-state index is 6.25. The molecule has 2 aromatic carbocycles. The highest BCUT2D eigenvalue weighted by Gasteiger charge is 2.29. The van der Waals surface area contributed by atoms with Gasteiger partial charge in [0, 0.05) is 16.8 Å². The van der Waals surface area contributed by atoms with E-state index < -0.39 is 0 Å². The first-order valence-corrected chi connectivity index (χ1v) is 12.2. The molecule has 1 aliphatic rings. The molecule has 1 fully saturated rings. The van der Waals surface area contributed by atoms with E-state index >= 15 is 0 Å². The minimum atomic E-state index is 0.433. The van der Waals surface area contributed by atoms with Crippen LogP contribution in [0.25, 0.3) is 32.8 Å². The van der Waals surface area contributed by atoms with Crippen molar-refractivity contribution in [2.45, 2.75) is 38.1 Å². The first-order chi connectivity index (χ1) is 16.1. The topological polar surface area (TPSA) is 95.6 Å².